The number of carbonyl (C=O) groups is 2. The first-order valence-corrected chi connectivity index (χ1v) is 16.1. The fourth-order valence-corrected chi connectivity index (χ4v) is 6.29. The van der Waals surface area contributed by atoms with E-state index in [1.807, 2.05) is 30.3 Å². The number of ether oxygens (including phenoxy) is 2. The van der Waals surface area contributed by atoms with Gasteiger partial charge in [-0.15, -0.1) is 0 Å². The molecule has 218 valence electrons. The quantitative estimate of drug-likeness (QED) is 0.414. The van der Waals surface area contributed by atoms with E-state index in [1.54, 1.807) is 30.0 Å². The number of amides is 2. The van der Waals surface area contributed by atoms with E-state index in [1.165, 1.54) is 10.7 Å². The Kier molecular flexibility index (Phi) is 10.3. The Morgan fingerprint density at radius 2 is 1.68 bits per heavy atom. The fraction of sp³-hybridized carbons (Fsp3) is 0.533. The highest BCUT2D eigenvalue weighted by Gasteiger charge is 2.28. The minimum absolute atomic E-state index is 0.117. The van der Waals surface area contributed by atoms with Gasteiger partial charge in [-0.2, -0.15) is 0 Å². The number of anilines is 1. The van der Waals surface area contributed by atoms with Crippen LogP contribution in [0.3, 0.4) is 0 Å². The van der Waals surface area contributed by atoms with Gasteiger partial charge in [0.25, 0.3) is 0 Å². The second-order valence-corrected chi connectivity index (χ2v) is 12.5. The molecule has 2 aromatic rings. The second kappa shape index (κ2) is 13.9. The Labute approximate surface area is 237 Å². The highest BCUT2D eigenvalue weighted by Crippen LogP contribution is 2.34. The van der Waals surface area contributed by atoms with Crippen molar-refractivity contribution in [3.05, 3.63) is 54.1 Å². The molecule has 1 N–H and O–H groups in total. The molecule has 1 heterocycles. The number of rotatable bonds is 12. The predicted octanol–water partition coefficient (Wildman–Crippen LogP) is 3.91. The topological polar surface area (TPSA) is 105 Å². The summed E-state index contributed by atoms with van der Waals surface area (Å²) < 4.78 is 37.8. The van der Waals surface area contributed by atoms with Crippen molar-refractivity contribution in [3.63, 3.8) is 0 Å². The molecule has 1 saturated carbocycles. The highest BCUT2D eigenvalue weighted by atomic mass is 32.2. The lowest BCUT2D eigenvalue weighted by Crippen LogP contribution is -2.51. The smallest absolute Gasteiger partial charge is 0.242 e. The van der Waals surface area contributed by atoms with Gasteiger partial charge in [0.05, 0.1) is 11.9 Å². The van der Waals surface area contributed by atoms with E-state index in [0.717, 1.165) is 37.5 Å². The molecule has 1 fully saturated rings. The van der Waals surface area contributed by atoms with Gasteiger partial charge in [-0.3, -0.25) is 13.9 Å². The summed E-state index contributed by atoms with van der Waals surface area (Å²) >= 11 is 0. The molecule has 40 heavy (non-hydrogen) atoms. The van der Waals surface area contributed by atoms with Crippen LogP contribution in [0.15, 0.2) is 48.5 Å². The third-order valence-corrected chi connectivity index (χ3v) is 8.76. The second-order valence-electron chi connectivity index (χ2n) is 10.6. The van der Waals surface area contributed by atoms with Gasteiger partial charge in [-0.25, -0.2) is 8.42 Å². The first-order valence-electron chi connectivity index (χ1n) is 14.2. The molecule has 2 aliphatic rings. The zero-order valence-corrected chi connectivity index (χ0v) is 24.3. The zero-order valence-electron chi connectivity index (χ0n) is 23.5. The number of hydrogen-bond donors (Lipinski definition) is 1. The number of fused-ring (bicyclic) bond motifs is 1. The minimum atomic E-state index is -3.61. The van der Waals surface area contributed by atoms with Crippen molar-refractivity contribution in [2.45, 2.75) is 70.4 Å². The summed E-state index contributed by atoms with van der Waals surface area (Å²) in [5.41, 5.74) is 1.54. The van der Waals surface area contributed by atoms with Crippen LogP contribution < -0.4 is 19.1 Å². The molecule has 1 aliphatic carbocycles. The van der Waals surface area contributed by atoms with E-state index in [9.17, 15) is 18.0 Å². The number of nitrogens with zero attached hydrogens (tertiary/aromatic N) is 2. The predicted molar refractivity (Wildman–Crippen MR) is 155 cm³/mol. The average Bonchev–Trinajstić information content (AvgIpc) is 2.95. The highest BCUT2D eigenvalue weighted by molar-refractivity contribution is 7.92. The average molecular weight is 572 g/mol. The van der Waals surface area contributed by atoms with Gasteiger partial charge in [-0.1, -0.05) is 49.6 Å². The summed E-state index contributed by atoms with van der Waals surface area (Å²) in [4.78, 5) is 28.3. The van der Waals surface area contributed by atoms with Crippen LogP contribution in [0.25, 0.3) is 0 Å². The lowest BCUT2D eigenvalue weighted by molar-refractivity contribution is -0.140. The molecule has 0 saturated heterocycles. The standard InChI is InChI=1S/C30H41N3O6S/c1-23(30(35)31-25-12-7-4-8-13-25)32(19-17-24-10-5-3-6-11-24)29(34)14-9-18-33(40(2,36)37)26-15-16-27-28(22-26)39-21-20-38-27/h3,5-6,10-11,15-16,22-23,25H,4,7-9,12-14,17-21H2,1-2H3,(H,31,35)/t23-/m1/s1. The van der Waals surface area contributed by atoms with Gasteiger partial charge in [0.2, 0.25) is 21.8 Å². The molecule has 1 aliphatic heterocycles. The Hall–Kier alpha value is -3.27. The lowest BCUT2D eigenvalue weighted by Gasteiger charge is -2.31. The van der Waals surface area contributed by atoms with E-state index in [0.29, 0.717) is 49.8 Å². The van der Waals surface area contributed by atoms with Crippen molar-refractivity contribution >= 4 is 27.5 Å². The molecule has 0 unspecified atom stereocenters. The Morgan fingerprint density at radius 3 is 2.38 bits per heavy atom. The van der Waals surface area contributed by atoms with Crippen molar-refractivity contribution in [2.24, 2.45) is 0 Å². The first-order chi connectivity index (χ1) is 19.2. The third-order valence-electron chi connectivity index (χ3n) is 7.57. The molecular weight excluding hydrogens is 530 g/mol. The largest absolute Gasteiger partial charge is 0.486 e. The molecule has 4 rings (SSSR count). The van der Waals surface area contributed by atoms with Gasteiger partial charge in [-0.05, 0) is 50.3 Å². The molecule has 0 bridgehead atoms. The summed E-state index contributed by atoms with van der Waals surface area (Å²) in [6.07, 6.45) is 7.54. The van der Waals surface area contributed by atoms with Crippen molar-refractivity contribution in [1.82, 2.24) is 10.2 Å². The number of nitrogens with one attached hydrogen (secondary N) is 1. The zero-order chi connectivity index (χ0) is 28.5. The maximum absolute atomic E-state index is 13.5. The molecule has 0 aromatic heterocycles. The monoisotopic (exact) mass is 571 g/mol. The van der Waals surface area contributed by atoms with E-state index in [-0.39, 0.29) is 30.8 Å². The maximum Gasteiger partial charge on any atom is 0.242 e. The van der Waals surface area contributed by atoms with Crippen molar-refractivity contribution in [1.29, 1.82) is 0 Å². The Balaban J connectivity index is 1.42. The third kappa shape index (κ3) is 8.13. The molecule has 2 aromatic carbocycles. The molecule has 0 spiro atoms. The van der Waals surface area contributed by atoms with Crippen molar-refractivity contribution in [2.75, 3.05) is 36.9 Å². The van der Waals surface area contributed by atoms with Crippen LogP contribution in [0.1, 0.15) is 57.4 Å². The molecule has 1 atom stereocenters. The maximum atomic E-state index is 13.5. The minimum Gasteiger partial charge on any atom is -0.486 e. The van der Waals surface area contributed by atoms with Gasteiger partial charge >= 0.3 is 0 Å². The summed E-state index contributed by atoms with van der Waals surface area (Å²) in [7, 11) is -3.61. The van der Waals surface area contributed by atoms with E-state index in [2.05, 4.69) is 5.32 Å². The van der Waals surface area contributed by atoms with Crippen molar-refractivity contribution < 1.29 is 27.5 Å². The first kappa shape index (κ1) is 29.7. The number of carbonyl (C=O) groups excluding carboxylic acids is 2. The summed E-state index contributed by atoms with van der Waals surface area (Å²) in [5, 5.41) is 3.15. The molecule has 2 amide bonds. The fourth-order valence-electron chi connectivity index (χ4n) is 5.33. The molecular formula is C30H41N3O6S. The lowest BCUT2D eigenvalue weighted by atomic mass is 9.95. The van der Waals surface area contributed by atoms with E-state index < -0.39 is 16.1 Å². The normalized spacial score (nSPS) is 16.1. The Morgan fingerprint density at radius 1 is 0.975 bits per heavy atom. The van der Waals surface area contributed by atoms with Gasteiger partial charge < -0.3 is 19.7 Å². The SMILES string of the molecule is C[C@H](C(=O)NC1CCCCC1)N(CCc1ccccc1)C(=O)CCCN(c1ccc2c(c1)OCCO2)S(C)(=O)=O. The number of sulfonamides is 1. The van der Waals surface area contributed by atoms with Crippen LogP contribution in [0, 0.1) is 0 Å². The number of hydrogen-bond acceptors (Lipinski definition) is 6. The summed E-state index contributed by atoms with van der Waals surface area (Å²) in [5.74, 6) is 0.770. The summed E-state index contributed by atoms with van der Waals surface area (Å²) in [6, 6.07) is 14.4. The van der Waals surface area contributed by atoms with Crippen LogP contribution in [0.4, 0.5) is 5.69 Å². The number of benzene rings is 2. The van der Waals surface area contributed by atoms with Crippen LogP contribution in [0.5, 0.6) is 11.5 Å². The van der Waals surface area contributed by atoms with Gasteiger partial charge in [0.1, 0.15) is 19.3 Å². The summed E-state index contributed by atoms with van der Waals surface area (Å²) in [6.45, 7) is 3.15. The van der Waals surface area contributed by atoms with E-state index >= 15 is 0 Å². The van der Waals surface area contributed by atoms with Gasteiger partial charge in [0.15, 0.2) is 11.5 Å². The molecule has 9 nitrogen and oxygen atoms in total. The van der Waals surface area contributed by atoms with Gasteiger partial charge in [0, 0.05) is 31.6 Å². The Bertz CT molecular complexity index is 1250. The van der Waals surface area contributed by atoms with Crippen LogP contribution >= 0.6 is 0 Å². The molecule has 0 radical (unpaired) electrons. The van der Waals surface area contributed by atoms with E-state index in [4.69, 9.17) is 9.47 Å². The van der Waals surface area contributed by atoms with Crippen LogP contribution in [0.2, 0.25) is 0 Å². The molecule has 10 heteroatoms. The van der Waals surface area contributed by atoms with Crippen LogP contribution in [-0.2, 0) is 26.0 Å². The van der Waals surface area contributed by atoms with Crippen LogP contribution in [-0.4, -0.2) is 69.8 Å². The van der Waals surface area contributed by atoms with Crippen molar-refractivity contribution in [3.8, 4) is 11.5 Å².